The minimum absolute atomic E-state index is 0.0700. The minimum atomic E-state index is -0.722. The number of ketones is 1. The van der Waals surface area contributed by atoms with Crippen molar-refractivity contribution in [1.82, 2.24) is 0 Å². The summed E-state index contributed by atoms with van der Waals surface area (Å²) >= 11 is 0. The summed E-state index contributed by atoms with van der Waals surface area (Å²) < 4.78 is 15.9. The molecule has 3 rings (SSSR count). The van der Waals surface area contributed by atoms with Crippen LogP contribution < -0.4 is 5.73 Å². The van der Waals surface area contributed by atoms with Crippen molar-refractivity contribution in [2.75, 3.05) is 7.11 Å². The Bertz CT molecular complexity index is 952. The van der Waals surface area contributed by atoms with E-state index < -0.39 is 17.9 Å². The van der Waals surface area contributed by atoms with Gasteiger partial charge in [0.05, 0.1) is 24.7 Å². The average Bonchev–Trinajstić information content (AvgIpc) is 2.65. The van der Waals surface area contributed by atoms with Gasteiger partial charge in [0.1, 0.15) is 11.3 Å². The smallest absolute Gasteiger partial charge is 0.340 e. The second-order valence-corrected chi connectivity index (χ2v) is 8.66. The van der Waals surface area contributed by atoms with Crippen LogP contribution in [0, 0.1) is 5.41 Å². The lowest BCUT2D eigenvalue weighted by atomic mass is 9.70. The molecule has 2 aliphatic rings. The molecule has 0 aromatic heterocycles. The highest BCUT2D eigenvalue weighted by atomic mass is 16.5. The number of hydrogen-bond acceptors (Lipinski definition) is 7. The highest BCUT2D eigenvalue weighted by molar-refractivity contribution is 6.03. The van der Waals surface area contributed by atoms with Crippen molar-refractivity contribution in [3.05, 3.63) is 58.2 Å². The highest BCUT2D eigenvalue weighted by Gasteiger charge is 2.44. The Morgan fingerprint density at radius 3 is 2.33 bits per heavy atom. The predicted octanol–water partition coefficient (Wildman–Crippen LogP) is 3.35. The topological polar surface area (TPSA) is 105 Å². The molecule has 1 unspecified atom stereocenters. The number of carbonyl (C=O) groups is 3. The van der Waals surface area contributed by atoms with E-state index in [4.69, 9.17) is 19.9 Å². The highest BCUT2D eigenvalue weighted by Crippen LogP contribution is 2.48. The van der Waals surface area contributed by atoms with Gasteiger partial charge in [0.2, 0.25) is 5.88 Å². The van der Waals surface area contributed by atoms with Gasteiger partial charge in [-0.3, -0.25) is 4.79 Å². The fraction of sp³-hybridized carbons (Fsp3) is 0.435. The second-order valence-electron chi connectivity index (χ2n) is 8.66. The zero-order chi connectivity index (χ0) is 22.2. The third kappa shape index (κ3) is 4.10. The van der Waals surface area contributed by atoms with Crippen molar-refractivity contribution in [3.8, 4) is 0 Å². The number of rotatable bonds is 4. The van der Waals surface area contributed by atoms with Crippen LogP contribution in [0.3, 0.4) is 0 Å². The van der Waals surface area contributed by atoms with Gasteiger partial charge < -0.3 is 19.9 Å². The quantitative estimate of drug-likeness (QED) is 0.755. The van der Waals surface area contributed by atoms with Crippen LogP contribution in [0.15, 0.2) is 47.1 Å². The standard InChI is InChI=1S/C23H27NO6/c1-12(2)29-21(26)14-8-6-13(7-9-14)17-18-15(25)10-23(3,4)11-16(18)30-20(24)19(17)22(27)28-5/h6-9,12,17H,10-11,24H2,1-5H3. The van der Waals surface area contributed by atoms with E-state index >= 15 is 0 Å². The van der Waals surface area contributed by atoms with Crippen molar-refractivity contribution >= 4 is 17.7 Å². The SMILES string of the molecule is COC(=O)C1=C(N)OC2=C(C(=O)CC(C)(C)C2)C1c1ccc(C(=O)OC(C)C)cc1. The Morgan fingerprint density at radius 1 is 1.13 bits per heavy atom. The van der Waals surface area contributed by atoms with E-state index in [9.17, 15) is 14.4 Å². The van der Waals surface area contributed by atoms with Gasteiger partial charge in [0.25, 0.3) is 0 Å². The molecule has 0 fully saturated rings. The van der Waals surface area contributed by atoms with E-state index in [0.717, 1.165) is 0 Å². The summed E-state index contributed by atoms with van der Waals surface area (Å²) in [6, 6.07) is 6.61. The summed E-state index contributed by atoms with van der Waals surface area (Å²) in [5.74, 6) is -1.51. The van der Waals surface area contributed by atoms with Gasteiger partial charge in [0.15, 0.2) is 5.78 Å². The molecule has 7 heteroatoms. The third-order valence-electron chi connectivity index (χ3n) is 5.18. The first kappa shape index (κ1) is 21.6. The van der Waals surface area contributed by atoms with Crippen LogP contribution in [0.5, 0.6) is 0 Å². The fourth-order valence-electron chi connectivity index (χ4n) is 3.92. The van der Waals surface area contributed by atoms with Gasteiger partial charge in [0, 0.05) is 18.4 Å². The summed E-state index contributed by atoms with van der Waals surface area (Å²) in [7, 11) is 1.25. The molecule has 0 spiro atoms. The Kier molecular flexibility index (Phi) is 5.74. The molecule has 1 aromatic rings. The molecule has 0 radical (unpaired) electrons. The van der Waals surface area contributed by atoms with Crippen LogP contribution in [0.1, 0.15) is 62.4 Å². The summed E-state index contributed by atoms with van der Waals surface area (Å²) in [5, 5.41) is 0. The average molecular weight is 413 g/mol. The number of benzene rings is 1. The van der Waals surface area contributed by atoms with Crippen molar-refractivity contribution < 1.29 is 28.6 Å². The minimum Gasteiger partial charge on any atom is -0.465 e. The molecule has 0 bridgehead atoms. The Hall–Kier alpha value is -3.09. The lowest BCUT2D eigenvalue weighted by molar-refractivity contribution is -0.136. The molecule has 1 aromatic carbocycles. The van der Waals surface area contributed by atoms with Crippen LogP contribution in [0.2, 0.25) is 0 Å². The molecule has 7 nitrogen and oxygen atoms in total. The molecule has 30 heavy (non-hydrogen) atoms. The number of allylic oxidation sites excluding steroid dienone is 2. The molecular formula is C23H27NO6. The van der Waals surface area contributed by atoms with Crippen LogP contribution in [-0.2, 0) is 23.8 Å². The van der Waals surface area contributed by atoms with Crippen LogP contribution in [0.25, 0.3) is 0 Å². The lowest BCUT2D eigenvalue weighted by Gasteiger charge is -2.37. The first-order valence-corrected chi connectivity index (χ1v) is 9.87. The number of carbonyl (C=O) groups excluding carboxylic acids is 3. The van der Waals surface area contributed by atoms with Crippen molar-refractivity contribution in [2.45, 2.75) is 52.6 Å². The van der Waals surface area contributed by atoms with E-state index in [-0.39, 0.29) is 28.8 Å². The van der Waals surface area contributed by atoms with Crippen molar-refractivity contribution in [3.63, 3.8) is 0 Å². The van der Waals surface area contributed by atoms with Crippen molar-refractivity contribution in [2.24, 2.45) is 11.1 Å². The van der Waals surface area contributed by atoms with E-state index in [1.54, 1.807) is 38.1 Å². The van der Waals surface area contributed by atoms with E-state index in [0.29, 0.717) is 35.3 Å². The predicted molar refractivity (Wildman–Crippen MR) is 109 cm³/mol. The van der Waals surface area contributed by atoms with Crippen LogP contribution in [-0.4, -0.2) is 30.9 Å². The molecule has 1 atom stereocenters. The zero-order valence-corrected chi connectivity index (χ0v) is 17.9. The van der Waals surface area contributed by atoms with Gasteiger partial charge in [-0.25, -0.2) is 9.59 Å². The number of methoxy groups -OCH3 is 1. The number of nitrogens with two attached hydrogens (primary N) is 1. The molecule has 0 saturated carbocycles. The zero-order valence-electron chi connectivity index (χ0n) is 17.9. The molecule has 0 amide bonds. The monoisotopic (exact) mass is 413 g/mol. The van der Waals surface area contributed by atoms with Crippen LogP contribution >= 0.6 is 0 Å². The molecule has 0 saturated heterocycles. The Morgan fingerprint density at radius 2 is 1.77 bits per heavy atom. The van der Waals surface area contributed by atoms with Gasteiger partial charge >= 0.3 is 11.9 Å². The summed E-state index contributed by atoms with van der Waals surface area (Å²) in [6.07, 6.45) is 0.620. The van der Waals surface area contributed by atoms with E-state index in [1.807, 2.05) is 13.8 Å². The molecule has 160 valence electrons. The first-order valence-electron chi connectivity index (χ1n) is 9.87. The van der Waals surface area contributed by atoms with Crippen LogP contribution in [0.4, 0.5) is 0 Å². The maximum absolute atomic E-state index is 13.1. The maximum Gasteiger partial charge on any atom is 0.340 e. The number of Topliss-reactive ketones (excluding diaryl/α,β-unsaturated/α-hetero) is 1. The molecule has 1 aliphatic heterocycles. The number of ether oxygens (including phenoxy) is 3. The summed E-state index contributed by atoms with van der Waals surface area (Å²) in [5.41, 5.74) is 7.35. The Labute approximate surface area is 175 Å². The first-order chi connectivity index (χ1) is 14.0. The number of esters is 2. The number of hydrogen-bond donors (Lipinski definition) is 1. The van der Waals surface area contributed by atoms with E-state index in [1.165, 1.54) is 7.11 Å². The Balaban J connectivity index is 2.08. The third-order valence-corrected chi connectivity index (χ3v) is 5.18. The van der Waals surface area contributed by atoms with E-state index in [2.05, 4.69) is 0 Å². The summed E-state index contributed by atoms with van der Waals surface area (Å²) in [4.78, 5) is 37.7. The maximum atomic E-state index is 13.1. The fourth-order valence-corrected chi connectivity index (χ4v) is 3.92. The van der Waals surface area contributed by atoms with Gasteiger partial charge in [-0.05, 0) is 37.0 Å². The normalized spacial score (nSPS) is 20.6. The van der Waals surface area contributed by atoms with Gasteiger partial charge in [-0.2, -0.15) is 0 Å². The van der Waals surface area contributed by atoms with Gasteiger partial charge in [-0.15, -0.1) is 0 Å². The van der Waals surface area contributed by atoms with Crippen molar-refractivity contribution in [1.29, 1.82) is 0 Å². The molecule has 2 N–H and O–H groups in total. The van der Waals surface area contributed by atoms with Gasteiger partial charge in [-0.1, -0.05) is 26.0 Å². The lowest BCUT2D eigenvalue weighted by Crippen LogP contribution is -2.35. The molecule has 1 aliphatic carbocycles. The summed E-state index contributed by atoms with van der Waals surface area (Å²) in [6.45, 7) is 7.51. The second kappa shape index (κ2) is 7.97. The largest absolute Gasteiger partial charge is 0.465 e. The molecular weight excluding hydrogens is 386 g/mol. The molecule has 1 heterocycles.